The standard InChI is InChI=1S/C18H21N3O3/c1-11-12(2)20-21-18(23)16(11)17(22)19-15-5-3-4-14(8-15)10-24-9-13-6-7-13/h3-5,8,13H,6-7,9-10H2,1-2H3,(H,19,22)(H,21,23). The van der Waals surface area contributed by atoms with Crippen LogP contribution < -0.4 is 10.9 Å². The third-order valence-electron chi connectivity index (χ3n) is 4.20. The number of amides is 1. The second-order valence-corrected chi connectivity index (χ2v) is 6.25. The van der Waals surface area contributed by atoms with Crippen molar-refractivity contribution < 1.29 is 9.53 Å². The van der Waals surface area contributed by atoms with Crippen molar-refractivity contribution in [1.29, 1.82) is 0 Å². The number of nitrogens with zero attached hydrogens (tertiary/aromatic N) is 1. The largest absolute Gasteiger partial charge is 0.376 e. The summed E-state index contributed by atoms with van der Waals surface area (Å²) in [6.07, 6.45) is 2.52. The van der Waals surface area contributed by atoms with Crippen LogP contribution in [0, 0.1) is 19.8 Å². The number of H-pyrrole nitrogens is 1. The zero-order valence-electron chi connectivity index (χ0n) is 13.9. The van der Waals surface area contributed by atoms with Crippen LogP contribution in [0.4, 0.5) is 5.69 Å². The molecule has 1 aromatic heterocycles. The molecule has 0 aliphatic heterocycles. The topological polar surface area (TPSA) is 84.1 Å². The first-order chi connectivity index (χ1) is 11.5. The Morgan fingerprint density at radius 1 is 1.38 bits per heavy atom. The molecule has 126 valence electrons. The third kappa shape index (κ3) is 3.89. The third-order valence-corrected chi connectivity index (χ3v) is 4.20. The van der Waals surface area contributed by atoms with Crippen LogP contribution in [0.5, 0.6) is 0 Å². The van der Waals surface area contributed by atoms with E-state index in [1.165, 1.54) is 12.8 Å². The van der Waals surface area contributed by atoms with Crippen LogP contribution in [-0.4, -0.2) is 22.7 Å². The van der Waals surface area contributed by atoms with E-state index < -0.39 is 11.5 Å². The molecule has 0 bridgehead atoms. The van der Waals surface area contributed by atoms with E-state index in [0.29, 0.717) is 23.6 Å². The van der Waals surface area contributed by atoms with E-state index in [0.717, 1.165) is 18.1 Å². The van der Waals surface area contributed by atoms with E-state index in [4.69, 9.17) is 4.74 Å². The molecule has 6 nitrogen and oxygen atoms in total. The van der Waals surface area contributed by atoms with E-state index in [1.54, 1.807) is 19.9 Å². The molecule has 1 amide bonds. The monoisotopic (exact) mass is 327 g/mol. The molecule has 6 heteroatoms. The number of aryl methyl sites for hydroxylation is 1. The molecular weight excluding hydrogens is 306 g/mol. The summed E-state index contributed by atoms with van der Waals surface area (Å²) >= 11 is 0. The van der Waals surface area contributed by atoms with Gasteiger partial charge in [-0.1, -0.05) is 12.1 Å². The van der Waals surface area contributed by atoms with Crippen LogP contribution in [0.2, 0.25) is 0 Å². The molecule has 1 heterocycles. The van der Waals surface area contributed by atoms with Crippen LogP contribution in [-0.2, 0) is 11.3 Å². The fraction of sp³-hybridized carbons (Fsp3) is 0.389. The number of hydrogen-bond acceptors (Lipinski definition) is 4. The lowest BCUT2D eigenvalue weighted by Gasteiger charge is -2.10. The molecule has 2 aromatic rings. The second kappa shape index (κ2) is 6.97. The average Bonchev–Trinajstić information content (AvgIpc) is 3.36. The summed E-state index contributed by atoms with van der Waals surface area (Å²) in [7, 11) is 0. The fourth-order valence-corrected chi connectivity index (χ4v) is 2.46. The molecule has 1 aliphatic carbocycles. The van der Waals surface area contributed by atoms with Gasteiger partial charge in [0, 0.05) is 12.3 Å². The number of ether oxygens (including phenoxy) is 1. The maximum Gasteiger partial charge on any atom is 0.277 e. The number of anilines is 1. The molecule has 0 atom stereocenters. The maximum atomic E-state index is 12.4. The molecule has 24 heavy (non-hydrogen) atoms. The molecule has 1 saturated carbocycles. The first kappa shape index (κ1) is 16.4. The Morgan fingerprint density at radius 3 is 2.92 bits per heavy atom. The number of aromatic nitrogens is 2. The number of carbonyl (C=O) groups is 1. The molecular formula is C18H21N3O3. The Kier molecular flexibility index (Phi) is 4.76. The molecule has 1 aliphatic rings. The summed E-state index contributed by atoms with van der Waals surface area (Å²) in [5.41, 5.74) is 2.45. The van der Waals surface area contributed by atoms with Crippen LogP contribution in [0.25, 0.3) is 0 Å². The lowest BCUT2D eigenvalue weighted by atomic mass is 10.1. The van der Waals surface area contributed by atoms with Gasteiger partial charge in [0.15, 0.2) is 0 Å². The normalized spacial score (nSPS) is 13.8. The zero-order chi connectivity index (χ0) is 17.1. The Hall–Kier alpha value is -2.47. The summed E-state index contributed by atoms with van der Waals surface area (Å²) in [6, 6.07) is 7.47. The summed E-state index contributed by atoms with van der Waals surface area (Å²) in [5, 5.41) is 8.98. The van der Waals surface area contributed by atoms with E-state index in [2.05, 4.69) is 15.5 Å². The molecule has 0 unspecified atom stereocenters. The minimum Gasteiger partial charge on any atom is -0.376 e. The number of aromatic amines is 1. The highest BCUT2D eigenvalue weighted by Gasteiger charge is 2.21. The summed E-state index contributed by atoms with van der Waals surface area (Å²) in [4.78, 5) is 24.3. The quantitative estimate of drug-likeness (QED) is 0.854. The first-order valence-electron chi connectivity index (χ1n) is 8.08. The summed E-state index contributed by atoms with van der Waals surface area (Å²) in [5.74, 6) is 0.285. The van der Waals surface area contributed by atoms with Gasteiger partial charge in [-0.15, -0.1) is 0 Å². The summed E-state index contributed by atoms with van der Waals surface area (Å²) < 4.78 is 5.67. The van der Waals surface area contributed by atoms with Crippen LogP contribution >= 0.6 is 0 Å². The molecule has 1 fully saturated rings. The van der Waals surface area contributed by atoms with Crippen LogP contribution in [0.15, 0.2) is 29.1 Å². The molecule has 0 radical (unpaired) electrons. The van der Waals surface area contributed by atoms with Crippen molar-refractivity contribution in [3.05, 3.63) is 57.0 Å². The van der Waals surface area contributed by atoms with E-state index in [9.17, 15) is 9.59 Å². The second-order valence-electron chi connectivity index (χ2n) is 6.25. The SMILES string of the molecule is Cc1n[nH]c(=O)c(C(=O)Nc2cccc(COCC3CC3)c2)c1C. The van der Waals surface area contributed by atoms with Crippen LogP contribution in [0.3, 0.4) is 0 Å². The predicted octanol–water partition coefficient (Wildman–Crippen LogP) is 2.57. The maximum absolute atomic E-state index is 12.4. The van der Waals surface area contributed by atoms with Gasteiger partial charge < -0.3 is 10.1 Å². The highest BCUT2D eigenvalue weighted by atomic mass is 16.5. The van der Waals surface area contributed by atoms with Gasteiger partial charge in [-0.05, 0) is 55.9 Å². The smallest absolute Gasteiger partial charge is 0.277 e. The number of nitrogens with one attached hydrogen (secondary N) is 2. The first-order valence-corrected chi connectivity index (χ1v) is 8.08. The predicted molar refractivity (Wildman–Crippen MR) is 91.1 cm³/mol. The van der Waals surface area contributed by atoms with Crippen molar-refractivity contribution >= 4 is 11.6 Å². The zero-order valence-corrected chi connectivity index (χ0v) is 13.9. The van der Waals surface area contributed by atoms with E-state index >= 15 is 0 Å². The number of hydrogen-bond donors (Lipinski definition) is 2. The fourth-order valence-electron chi connectivity index (χ4n) is 2.46. The van der Waals surface area contributed by atoms with Gasteiger partial charge in [0.1, 0.15) is 5.56 Å². The van der Waals surface area contributed by atoms with Crippen molar-refractivity contribution in [1.82, 2.24) is 10.2 Å². The number of rotatable bonds is 6. The number of benzene rings is 1. The van der Waals surface area contributed by atoms with Gasteiger partial charge in [-0.3, -0.25) is 9.59 Å². The Balaban J connectivity index is 1.70. The highest BCUT2D eigenvalue weighted by molar-refractivity contribution is 6.05. The minimum absolute atomic E-state index is 0.0953. The molecule has 0 saturated heterocycles. The van der Waals surface area contributed by atoms with E-state index in [1.807, 2.05) is 18.2 Å². The van der Waals surface area contributed by atoms with E-state index in [-0.39, 0.29) is 5.56 Å². The van der Waals surface area contributed by atoms with Gasteiger partial charge in [0.05, 0.1) is 12.3 Å². The van der Waals surface area contributed by atoms with Crippen molar-refractivity contribution in [3.63, 3.8) is 0 Å². The highest BCUT2D eigenvalue weighted by Crippen LogP contribution is 2.29. The average molecular weight is 327 g/mol. The molecule has 2 N–H and O–H groups in total. The Morgan fingerprint density at radius 2 is 2.17 bits per heavy atom. The summed E-state index contributed by atoms with van der Waals surface area (Å²) in [6.45, 7) is 4.78. The number of carbonyl (C=O) groups excluding carboxylic acids is 1. The lowest BCUT2D eigenvalue weighted by Crippen LogP contribution is -2.26. The lowest BCUT2D eigenvalue weighted by molar-refractivity contribution is 0.102. The molecule has 0 spiro atoms. The Labute approximate surface area is 140 Å². The molecule has 1 aromatic carbocycles. The van der Waals surface area contributed by atoms with Crippen LogP contribution in [0.1, 0.15) is 40.0 Å². The molecule has 3 rings (SSSR count). The van der Waals surface area contributed by atoms with Crippen molar-refractivity contribution in [3.8, 4) is 0 Å². The van der Waals surface area contributed by atoms with Gasteiger partial charge in [0.2, 0.25) is 0 Å². The minimum atomic E-state index is -0.487. The van der Waals surface area contributed by atoms with Crippen molar-refractivity contribution in [2.24, 2.45) is 5.92 Å². The van der Waals surface area contributed by atoms with Crippen molar-refractivity contribution in [2.75, 3.05) is 11.9 Å². The van der Waals surface area contributed by atoms with Gasteiger partial charge in [0.25, 0.3) is 11.5 Å². The van der Waals surface area contributed by atoms with Gasteiger partial charge in [-0.25, -0.2) is 5.10 Å². The van der Waals surface area contributed by atoms with Gasteiger partial charge >= 0.3 is 0 Å². The van der Waals surface area contributed by atoms with Gasteiger partial charge in [-0.2, -0.15) is 5.10 Å². The Bertz CT molecular complexity index is 809. The van der Waals surface area contributed by atoms with Crippen molar-refractivity contribution in [2.45, 2.75) is 33.3 Å².